The van der Waals surface area contributed by atoms with Crippen LogP contribution in [0.25, 0.3) is 0 Å². The number of aliphatic hydroxyl groups excluding tert-OH is 1. The average Bonchev–Trinajstić information content (AvgIpc) is 1.92. The lowest BCUT2D eigenvalue weighted by molar-refractivity contribution is -0.136. The molecule has 1 aliphatic heterocycles. The Bertz CT molecular complexity index is 292. The molecule has 8 heteroatoms. The summed E-state index contributed by atoms with van der Waals surface area (Å²) in [6, 6.07) is 0. The van der Waals surface area contributed by atoms with Crippen molar-refractivity contribution in [1.82, 2.24) is 4.31 Å². The summed E-state index contributed by atoms with van der Waals surface area (Å²) in [5.74, 6) is -3.22. The molecule has 0 aromatic heterocycles. The SMILES string of the molecule is NS(=O)(=O)N1CCC(F)(F)C(O)C1. The van der Waals surface area contributed by atoms with Crippen LogP contribution < -0.4 is 5.14 Å². The number of nitrogens with two attached hydrogens (primary N) is 1. The highest BCUT2D eigenvalue weighted by Gasteiger charge is 2.45. The van der Waals surface area contributed by atoms with E-state index >= 15 is 0 Å². The van der Waals surface area contributed by atoms with Crippen molar-refractivity contribution in [3.05, 3.63) is 0 Å². The molecule has 1 unspecified atom stereocenters. The Labute approximate surface area is 74.3 Å². The normalized spacial score (nSPS) is 30.3. The average molecular weight is 216 g/mol. The maximum Gasteiger partial charge on any atom is 0.276 e. The van der Waals surface area contributed by atoms with Gasteiger partial charge < -0.3 is 5.11 Å². The Morgan fingerprint density at radius 2 is 2.08 bits per heavy atom. The summed E-state index contributed by atoms with van der Waals surface area (Å²) in [7, 11) is -3.97. The topological polar surface area (TPSA) is 83.6 Å². The highest BCUT2D eigenvalue weighted by molar-refractivity contribution is 7.86. The van der Waals surface area contributed by atoms with Gasteiger partial charge in [0.25, 0.3) is 16.1 Å². The van der Waals surface area contributed by atoms with E-state index in [0.717, 1.165) is 0 Å². The van der Waals surface area contributed by atoms with Crippen LogP contribution >= 0.6 is 0 Å². The van der Waals surface area contributed by atoms with Gasteiger partial charge in [-0.3, -0.25) is 0 Å². The second kappa shape index (κ2) is 3.12. The molecule has 5 nitrogen and oxygen atoms in total. The van der Waals surface area contributed by atoms with E-state index < -0.39 is 35.2 Å². The summed E-state index contributed by atoms with van der Waals surface area (Å²) in [5.41, 5.74) is 0. The van der Waals surface area contributed by atoms with Crippen molar-refractivity contribution in [3.8, 4) is 0 Å². The molecule has 0 bridgehead atoms. The number of β-amino-alcohol motifs (C(OH)–C–C–N with tert-alkyl or cyclic N) is 1. The minimum absolute atomic E-state index is 0.358. The third kappa shape index (κ3) is 2.33. The van der Waals surface area contributed by atoms with Crippen LogP contribution in [0.1, 0.15) is 6.42 Å². The van der Waals surface area contributed by atoms with Crippen molar-refractivity contribution in [1.29, 1.82) is 0 Å². The lowest BCUT2D eigenvalue weighted by Gasteiger charge is -2.33. The smallest absolute Gasteiger partial charge is 0.276 e. The van der Waals surface area contributed by atoms with E-state index in [2.05, 4.69) is 0 Å². The first-order valence-corrected chi connectivity index (χ1v) is 5.07. The van der Waals surface area contributed by atoms with E-state index in [-0.39, 0.29) is 6.54 Å². The van der Waals surface area contributed by atoms with Crippen LogP contribution in [0.5, 0.6) is 0 Å². The van der Waals surface area contributed by atoms with E-state index in [4.69, 9.17) is 10.2 Å². The zero-order valence-corrected chi connectivity index (χ0v) is 7.47. The van der Waals surface area contributed by atoms with Gasteiger partial charge in [0.2, 0.25) is 0 Å². The predicted octanol–water partition coefficient (Wildman–Crippen LogP) is -1.11. The molecule has 0 spiro atoms. The molecule has 13 heavy (non-hydrogen) atoms. The van der Waals surface area contributed by atoms with Crippen LogP contribution in [-0.2, 0) is 10.2 Å². The van der Waals surface area contributed by atoms with Gasteiger partial charge in [-0.05, 0) is 0 Å². The standard InChI is InChI=1S/C5H10F2N2O3S/c6-5(7)1-2-9(3-4(5)10)13(8,11)12/h4,10H,1-3H2,(H2,8,11,12). The second-order valence-corrected chi connectivity index (χ2v) is 4.48. The molecule has 0 aromatic rings. The molecule has 1 heterocycles. The molecular formula is C5H10F2N2O3S. The number of nitrogens with zero attached hydrogens (tertiary/aromatic N) is 1. The van der Waals surface area contributed by atoms with E-state index in [1.54, 1.807) is 0 Å². The van der Waals surface area contributed by atoms with Crippen molar-refractivity contribution in [2.45, 2.75) is 18.4 Å². The van der Waals surface area contributed by atoms with Gasteiger partial charge in [-0.2, -0.15) is 12.7 Å². The molecule has 0 aliphatic carbocycles. The molecule has 1 rings (SSSR count). The van der Waals surface area contributed by atoms with E-state index in [1.807, 2.05) is 0 Å². The highest BCUT2D eigenvalue weighted by atomic mass is 32.2. The first-order valence-electron chi connectivity index (χ1n) is 3.57. The molecule has 0 radical (unpaired) electrons. The predicted molar refractivity (Wildman–Crippen MR) is 40.3 cm³/mol. The van der Waals surface area contributed by atoms with Crippen molar-refractivity contribution < 1.29 is 22.3 Å². The monoisotopic (exact) mass is 216 g/mol. The van der Waals surface area contributed by atoms with Crippen LogP contribution in [-0.4, -0.2) is 42.9 Å². The van der Waals surface area contributed by atoms with Gasteiger partial charge in [-0.1, -0.05) is 0 Å². The minimum Gasteiger partial charge on any atom is -0.385 e. The van der Waals surface area contributed by atoms with Crippen LogP contribution in [0, 0.1) is 0 Å². The first kappa shape index (κ1) is 10.8. The summed E-state index contributed by atoms with van der Waals surface area (Å²) < 4.78 is 47.3. The molecule has 1 fully saturated rings. The molecule has 3 N–H and O–H groups in total. The number of hydrogen-bond acceptors (Lipinski definition) is 3. The minimum atomic E-state index is -3.97. The van der Waals surface area contributed by atoms with Crippen LogP contribution in [0.3, 0.4) is 0 Å². The number of piperidine rings is 1. The Kier molecular flexibility index (Phi) is 2.59. The quantitative estimate of drug-likeness (QED) is 0.583. The molecule has 0 aromatic carbocycles. The summed E-state index contributed by atoms with van der Waals surface area (Å²) in [6.07, 6.45) is -2.68. The first-order chi connectivity index (χ1) is 5.73. The summed E-state index contributed by atoms with van der Waals surface area (Å²) >= 11 is 0. The number of aliphatic hydroxyl groups is 1. The zero-order chi connectivity index (χ0) is 10.3. The molecule has 0 amide bonds. The third-order valence-corrected chi connectivity index (χ3v) is 2.97. The summed E-state index contributed by atoms with van der Waals surface area (Å²) in [6.45, 7) is -1.01. The second-order valence-electron chi connectivity index (χ2n) is 2.93. The fourth-order valence-corrected chi connectivity index (χ4v) is 1.78. The Hall–Kier alpha value is -0.310. The van der Waals surface area contributed by atoms with Crippen molar-refractivity contribution >= 4 is 10.2 Å². The maximum absolute atomic E-state index is 12.6. The van der Waals surface area contributed by atoms with Crippen molar-refractivity contribution in [3.63, 3.8) is 0 Å². The van der Waals surface area contributed by atoms with Crippen LogP contribution in [0.2, 0.25) is 0 Å². The maximum atomic E-state index is 12.6. The zero-order valence-electron chi connectivity index (χ0n) is 6.65. The lowest BCUT2D eigenvalue weighted by atomic mass is 10.1. The molecule has 1 aliphatic rings. The van der Waals surface area contributed by atoms with Gasteiger partial charge in [0.15, 0.2) is 0 Å². The Balaban J connectivity index is 2.73. The molecule has 0 saturated carbocycles. The fourth-order valence-electron chi connectivity index (χ4n) is 1.09. The summed E-state index contributed by atoms with van der Waals surface area (Å²) in [4.78, 5) is 0. The number of alkyl halides is 2. The highest BCUT2D eigenvalue weighted by Crippen LogP contribution is 2.28. The van der Waals surface area contributed by atoms with Gasteiger partial charge in [0, 0.05) is 19.5 Å². The molecule has 1 atom stereocenters. The van der Waals surface area contributed by atoms with Gasteiger partial charge in [-0.25, -0.2) is 13.9 Å². The molecular weight excluding hydrogens is 206 g/mol. The van der Waals surface area contributed by atoms with Crippen molar-refractivity contribution in [2.24, 2.45) is 5.14 Å². The summed E-state index contributed by atoms with van der Waals surface area (Å²) in [5, 5.41) is 13.6. The lowest BCUT2D eigenvalue weighted by Crippen LogP contribution is -2.53. The van der Waals surface area contributed by atoms with Crippen molar-refractivity contribution in [2.75, 3.05) is 13.1 Å². The number of rotatable bonds is 1. The van der Waals surface area contributed by atoms with Gasteiger partial charge in [-0.15, -0.1) is 0 Å². The van der Waals surface area contributed by atoms with Crippen LogP contribution in [0.4, 0.5) is 8.78 Å². The molecule has 1 saturated heterocycles. The van der Waals surface area contributed by atoms with E-state index in [9.17, 15) is 17.2 Å². The Morgan fingerprint density at radius 1 is 1.54 bits per heavy atom. The van der Waals surface area contributed by atoms with E-state index in [0.29, 0.717) is 4.31 Å². The van der Waals surface area contributed by atoms with E-state index in [1.165, 1.54) is 0 Å². The number of halogens is 2. The number of hydrogen-bond donors (Lipinski definition) is 2. The largest absolute Gasteiger partial charge is 0.385 e. The van der Waals surface area contributed by atoms with Crippen LogP contribution in [0.15, 0.2) is 0 Å². The fraction of sp³-hybridized carbons (Fsp3) is 1.00. The van der Waals surface area contributed by atoms with Gasteiger partial charge >= 0.3 is 0 Å². The third-order valence-electron chi connectivity index (χ3n) is 1.92. The Morgan fingerprint density at radius 3 is 2.46 bits per heavy atom. The molecule has 78 valence electrons. The van der Waals surface area contributed by atoms with Gasteiger partial charge in [0.05, 0.1) is 0 Å². The van der Waals surface area contributed by atoms with Gasteiger partial charge in [0.1, 0.15) is 6.10 Å².